The predicted octanol–water partition coefficient (Wildman–Crippen LogP) is 4.76. The second kappa shape index (κ2) is 5.67. The Labute approximate surface area is 121 Å². The van der Waals surface area contributed by atoms with Crippen LogP contribution in [0.4, 0.5) is 5.69 Å². The first-order valence-electron chi connectivity index (χ1n) is 4.87. The summed E-state index contributed by atoms with van der Waals surface area (Å²) in [6.07, 6.45) is 0. The number of hydrogen-bond donors (Lipinski definition) is 1. The molecule has 0 saturated heterocycles. The summed E-state index contributed by atoms with van der Waals surface area (Å²) in [5.41, 5.74) is 1.51. The Kier molecular flexibility index (Phi) is 4.21. The normalized spacial score (nSPS) is 9.94. The highest BCUT2D eigenvalue weighted by atomic mass is 79.9. The van der Waals surface area contributed by atoms with Crippen molar-refractivity contribution in [3.8, 4) is 6.07 Å². The summed E-state index contributed by atoms with van der Waals surface area (Å²) in [6.45, 7) is 0.724. The maximum absolute atomic E-state index is 9.00. The Hall–Kier alpha value is -0.830. The molecule has 5 heteroatoms. The van der Waals surface area contributed by atoms with Crippen LogP contribution < -0.4 is 5.32 Å². The highest BCUT2D eigenvalue weighted by molar-refractivity contribution is 9.11. The number of thiophene rings is 1. The van der Waals surface area contributed by atoms with Gasteiger partial charge in [0, 0.05) is 15.9 Å². The van der Waals surface area contributed by atoms with Gasteiger partial charge in [0.25, 0.3) is 0 Å². The molecule has 0 aliphatic heterocycles. The molecule has 0 amide bonds. The van der Waals surface area contributed by atoms with Gasteiger partial charge in [-0.05, 0) is 46.3 Å². The third-order valence-corrected chi connectivity index (χ3v) is 4.30. The lowest BCUT2D eigenvalue weighted by Gasteiger charge is -2.07. The summed E-state index contributed by atoms with van der Waals surface area (Å²) in [5.74, 6) is 0. The Bertz CT molecular complexity index is 572. The van der Waals surface area contributed by atoms with Gasteiger partial charge in [-0.3, -0.25) is 0 Å². The van der Waals surface area contributed by atoms with Gasteiger partial charge in [-0.2, -0.15) is 5.26 Å². The van der Waals surface area contributed by atoms with E-state index in [0.717, 1.165) is 20.5 Å². The number of nitriles is 1. The minimum atomic E-state index is 0.656. The highest BCUT2D eigenvalue weighted by Crippen LogP contribution is 2.25. The molecule has 86 valence electrons. The molecule has 17 heavy (non-hydrogen) atoms. The van der Waals surface area contributed by atoms with Crippen molar-refractivity contribution in [1.29, 1.82) is 5.26 Å². The molecule has 0 atom stereocenters. The van der Waals surface area contributed by atoms with Crippen LogP contribution in [0, 0.1) is 11.3 Å². The van der Waals surface area contributed by atoms with E-state index in [1.165, 1.54) is 4.88 Å². The van der Waals surface area contributed by atoms with Gasteiger partial charge in [-0.15, -0.1) is 11.3 Å². The zero-order valence-electron chi connectivity index (χ0n) is 8.71. The lowest BCUT2D eigenvalue weighted by molar-refractivity contribution is 1.19. The average Bonchev–Trinajstić information content (AvgIpc) is 2.73. The van der Waals surface area contributed by atoms with Crippen molar-refractivity contribution < 1.29 is 0 Å². The fourth-order valence-corrected chi connectivity index (χ4v) is 3.17. The largest absolute Gasteiger partial charge is 0.379 e. The lowest BCUT2D eigenvalue weighted by Crippen LogP contribution is -1.99. The van der Waals surface area contributed by atoms with Crippen LogP contribution in [0.3, 0.4) is 0 Å². The van der Waals surface area contributed by atoms with E-state index in [2.05, 4.69) is 49.3 Å². The van der Waals surface area contributed by atoms with Gasteiger partial charge in [0.15, 0.2) is 0 Å². The first kappa shape index (κ1) is 12.6. The van der Waals surface area contributed by atoms with Crippen molar-refractivity contribution in [2.45, 2.75) is 6.54 Å². The van der Waals surface area contributed by atoms with Crippen molar-refractivity contribution >= 4 is 48.9 Å². The molecule has 0 radical (unpaired) electrons. The second-order valence-electron chi connectivity index (χ2n) is 3.36. The fourth-order valence-electron chi connectivity index (χ4n) is 1.39. The van der Waals surface area contributed by atoms with Gasteiger partial charge in [0.05, 0.1) is 15.0 Å². The molecule has 1 heterocycles. The number of halogens is 2. The summed E-state index contributed by atoms with van der Waals surface area (Å²) < 4.78 is 2.08. The minimum absolute atomic E-state index is 0.656. The number of benzene rings is 1. The Morgan fingerprint density at radius 3 is 2.71 bits per heavy atom. The molecule has 1 N–H and O–H groups in total. The summed E-state index contributed by atoms with van der Waals surface area (Å²) in [7, 11) is 0. The Morgan fingerprint density at radius 1 is 1.24 bits per heavy atom. The van der Waals surface area contributed by atoms with Crippen LogP contribution in [0.5, 0.6) is 0 Å². The molecule has 2 nitrogen and oxygen atoms in total. The van der Waals surface area contributed by atoms with Gasteiger partial charge in [0.1, 0.15) is 6.07 Å². The van der Waals surface area contributed by atoms with E-state index in [1.807, 2.05) is 18.2 Å². The molecule has 0 aliphatic rings. The van der Waals surface area contributed by atoms with Crippen molar-refractivity contribution in [3.63, 3.8) is 0 Å². The first-order valence-corrected chi connectivity index (χ1v) is 7.27. The monoisotopic (exact) mass is 370 g/mol. The van der Waals surface area contributed by atoms with Crippen molar-refractivity contribution in [3.05, 3.63) is 49.0 Å². The minimum Gasteiger partial charge on any atom is -0.379 e. The van der Waals surface area contributed by atoms with Crippen LogP contribution in [-0.4, -0.2) is 0 Å². The maximum atomic E-state index is 9.00. The smallest absolute Gasteiger partial charge is 0.101 e. The predicted molar refractivity (Wildman–Crippen MR) is 78.2 cm³/mol. The van der Waals surface area contributed by atoms with E-state index in [4.69, 9.17) is 5.26 Å². The van der Waals surface area contributed by atoms with E-state index in [9.17, 15) is 0 Å². The molecule has 0 bridgehead atoms. The lowest BCUT2D eigenvalue weighted by atomic mass is 10.2. The zero-order chi connectivity index (χ0) is 12.3. The average molecular weight is 372 g/mol. The van der Waals surface area contributed by atoms with Crippen LogP contribution in [0.25, 0.3) is 0 Å². The number of anilines is 1. The van der Waals surface area contributed by atoms with Crippen LogP contribution in [0.2, 0.25) is 0 Å². The van der Waals surface area contributed by atoms with Gasteiger partial charge in [-0.25, -0.2) is 0 Å². The summed E-state index contributed by atoms with van der Waals surface area (Å²) >= 11 is 8.51. The van der Waals surface area contributed by atoms with Crippen LogP contribution in [-0.2, 0) is 6.54 Å². The number of nitrogens with zero attached hydrogens (tertiary/aromatic N) is 1. The molecule has 1 aromatic heterocycles. The molecule has 0 fully saturated rings. The number of hydrogen-bond acceptors (Lipinski definition) is 3. The van der Waals surface area contributed by atoms with Gasteiger partial charge in [-0.1, -0.05) is 15.9 Å². The Morgan fingerprint density at radius 2 is 2.06 bits per heavy atom. The SMILES string of the molecule is N#Cc1ccc(Br)cc1NCc1ccc(Br)s1. The molecule has 0 unspecified atom stereocenters. The highest BCUT2D eigenvalue weighted by Gasteiger charge is 2.03. The molecule has 2 aromatic rings. The Balaban J connectivity index is 2.13. The maximum Gasteiger partial charge on any atom is 0.101 e. The van der Waals surface area contributed by atoms with E-state index in [-0.39, 0.29) is 0 Å². The third kappa shape index (κ3) is 3.32. The first-order chi connectivity index (χ1) is 8.19. The van der Waals surface area contributed by atoms with Crippen molar-refractivity contribution in [2.75, 3.05) is 5.32 Å². The van der Waals surface area contributed by atoms with Gasteiger partial charge >= 0.3 is 0 Å². The number of rotatable bonds is 3. The van der Waals surface area contributed by atoms with Crippen molar-refractivity contribution in [2.24, 2.45) is 0 Å². The van der Waals surface area contributed by atoms with Crippen LogP contribution in [0.15, 0.2) is 38.6 Å². The standard InChI is InChI=1S/C12H8Br2N2S/c13-9-2-1-8(6-15)11(5-9)16-7-10-3-4-12(14)17-10/h1-5,16H,7H2. The van der Waals surface area contributed by atoms with Crippen LogP contribution >= 0.6 is 43.2 Å². The molecule has 2 rings (SSSR count). The molecule has 0 spiro atoms. The molecule has 0 aliphatic carbocycles. The van der Waals surface area contributed by atoms with E-state index in [1.54, 1.807) is 17.4 Å². The molecular weight excluding hydrogens is 364 g/mol. The quantitative estimate of drug-likeness (QED) is 0.844. The summed E-state index contributed by atoms with van der Waals surface area (Å²) in [6, 6.07) is 11.8. The van der Waals surface area contributed by atoms with Crippen molar-refractivity contribution in [1.82, 2.24) is 0 Å². The zero-order valence-corrected chi connectivity index (χ0v) is 12.7. The van der Waals surface area contributed by atoms with E-state index >= 15 is 0 Å². The molecule has 0 saturated carbocycles. The molecule has 1 aromatic carbocycles. The molecular formula is C12H8Br2N2S. The summed E-state index contributed by atoms with van der Waals surface area (Å²) in [5, 5.41) is 12.3. The summed E-state index contributed by atoms with van der Waals surface area (Å²) in [4.78, 5) is 1.22. The van der Waals surface area contributed by atoms with Gasteiger partial charge in [0.2, 0.25) is 0 Å². The number of nitrogens with one attached hydrogen (secondary N) is 1. The van der Waals surface area contributed by atoms with Gasteiger partial charge < -0.3 is 5.32 Å². The van der Waals surface area contributed by atoms with Crippen LogP contribution in [0.1, 0.15) is 10.4 Å². The second-order valence-corrected chi connectivity index (χ2v) is 6.82. The third-order valence-electron chi connectivity index (χ3n) is 2.18. The fraction of sp³-hybridized carbons (Fsp3) is 0.0833. The van der Waals surface area contributed by atoms with E-state index in [0.29, 0.717) is 5.56 Å². The topological polar surface area (TPSA) is 35.8 Å². The van der Waals surface area contributed by atoms with E-state index < -0.39 is 0 Å².